The maximum atomic E-state index is 7.50. The van der Waals surface area contributed by atoms with E-state index in [4.69, 9.17) is 40.5 Å². The molecule has 0 amide bonds. The number of rotatable bonds is 0. The van der Waals surface area contributed by atoms with Crippen LogP contribution in [0.2, 0.25) is 0 Å². The van der Waals surface area contributed by atoms with Crippen LogP contribution in [0.1, 0.15) is 20.8 Å². The van der Waals surface area contributed by atoms with E-state index in [0.29, 0.717) is 0 Å². The molecule has 0 aliphatic heterocycles. The molecule has 22 heavy (non-hydrogen) atoms. The normalized spacial score (nSPS) is 3.64. The number of hydrogen-bond donors (Lipinski definition) is 0. The van der Waals surface area contributed by atoms with Gasteiger partial charge in [0.15, 0.2) is 0 Å². The van der Waals surface area contributed by atoms with Gasteiger partial charge in [0.1, 0.15) is 0 Å². The Balaban J connectivity index is -0.00000000961. The van der Waals surface area contributed by atoms with Crippen molar-refractivity contribution in [1.82, 2.24) is 0 Å². The average molecular weight is 408 g/mol. The molecule has 0 aromatic carbocycles. The molecule has 0 N–H and O–H groups in total. The van der Waals surface area contributed by atoms with Crippen LogP contribution in [0, 0.1) is 46.5 Å². The van der Waals surface area contributed by atoms with Crippen LogP contribution in [-0.2, 0) is 74.7 Å². The molecule has 0 aromatic rings. The molecule has 0 bridgehead atoms. The summed E-state index contributed by atoms with van der Waals surface area (Å²) in [4.78, 5) is 0. The maximum Gasteiger partial charge on any atom is 0 e. The van der Waals surface area contributed by atoms with Gasteiger partial charge in [-0.3, -0.25) is 0 Å². The Kier molecular flexibility index (Phi) is 590. The summed E-state index contributed by atoms with van der Waals surface area (Å²) in [5, 5.41) is 0. The molecule has 0 saturated heterocycles. The molecule has 6 nitrogen and oxygen atoms in total. The molecule has 0 aromatic heterocycles. The molecule has 0 aliphatic rings. The molecule has 0 unspecified atom stereocenters. The first kappa shape index (κ1) is 68.6. The number of hydrogen-bond acceptors (Lipinski definition) is 1. The van der Waals surface area contributed by atoms with Crippen LogP contribution in [0.15, 0.2) is 12.3 Å². The standard InChI is InChI=1S/C4H10S.C3H3.6CO.2Fe/c1-4(2,3)5;1-3-2;6*1-2;;/h5H,1-3H3;1H,2H2;;;;;;;;/q;-1;;;;;;;;/p-1. The maximum absolute atomic E-state index is 7.50. The predicted molar refractivity (Wildman–Crippen MR) is 64.1 cm³/mol. The van der Waals surface area contributed by atoms with Crippen molar-refractivity contribution in [2.24, 2.45) is 0 Å². The van der Waals surface area contributed by atoms with Gasteiger partial charge in [-0.1, -0.05) is 20.8 Å². The summed E-state index contributed by atoms with van der Waals surface area (Å²) in [6.07, 6.45) is 0. The average Bonchev–Trinajstić information content (AvgIpc) is 2.50. The second-order valence-corrected chi connectivity index (χ2v) is 3.54. The molecular formula is C13H12Fe2O6S-2. The minimum Gasteiger partial charge on any atom is -0.342 e. The summed E-state index contributed by atoms with van der Waals surface area (Å²) in [5.74, 6) is 0. The second-order valence-electron chi connectivity index (χ2n) is 2.32. The van der Waals surface area contributed by atoms with Crippen molar-refractivity contribution < 1.29 is 62.1 Å². The van der Waals surface area contributed by atoms with E-state index in [2.05, 4.69) is 53.1 Å². The Bertz CT molecular complexity index is 226. The fraction of sp³-hybridized carbons (Fsp3) is 0.308. The quantitative estimate of drug-likeness (QED) is 0.196. The van der Waals surface area contributed by atoms with E-state index < -0.39 is 0 Å². The fourth-order valence-corrected chi connectivity index (χ4v) is 0. The summed E-state index contributed by atoms with van der Waals surface area (Å²) < 4.78 is 45.1. The molecule has 0 heterocycles. The van der Waals surface area contributed by atoms with Crippen LogP contribution in [-0.4, -0.2) is 4.75 Å². The summed E-state index contributed by atoms with van der Waals surface area (Å²) >= 11 is 4.83. The topological polar surface area (TPSA) is 119 Å². The molecule has 0 rings (SSSR count). The Morgan fingerprint density at radius 1 is 0.727 bits per heavy atom. The van der Waals surface area contributed by atoms with Gasteiger partial charge in [0.2, 0.25) is 0 Å². The summed E-state index contributed by atoms with van der Waals surface area (Å²) in [6, 6.07) is 0. The van der Waals surface area contributed by atoms with Crippen molar-refractivity contribution in [3.8, 4) is 0 Å². The van der Waals surface area contributed by atoms with Crippen LogP contribution in [0.25, 0.3) is 0 Å². The Labute approximate surface area is 158 Å². The van der Waals surface area contributed by atoms with Gasteiger partial charge in [-0.15, -0.1) is 0 Å². The van der Waals surface area contributed by atoms with Crippen molar-refractivity contribution in [1.29, 1.82) is 0 Å². The van der Waals surface area contributed by atoms with Gasteiger partial charge in [-0.25, -0.2) is 13.2 Å². The van der Waals surface area contributed by atoms with Gasteiger partial charge >= 0.3 is 67.8 Å². The summed E-state index contributed by atoms with van der Waals surface area (Å²) in [5.41, 5.74) is 2.00. The first-order valence-corrected chi connectivity index (χ1v) is 3.98. The van der Waals surface area contributed by atoms with Gasteiger partial charge in [0.05, 0.1) is 0 Å². The van der Waals surface area contributed by atoms with Crippen molar-refractivity contribution in [3.63, 3.8) is 0 Å². The van der Waals surface area contributed by atoms with Crippen LogP contribution in [0.4, 0.5) is 0 Å². The molecule has 0 spiro atoms. The summed E-state index contributed by atoms with van der Waals surface area (Å²) in [6.45, 7) is 40.5. The molecule has 124 valence electrons. The van der Waals surface area contributed by atoms with E-state index in [1.54, 1.807) is 0 Å². The second kappa shape index (κ2) is 189. The molecular weight excluding hydrogens is 396 g/mol. The van der Waals surface area contributed by atoms with Crippen LogP contribution >= 0.6 is 0 Å². The van der Waals surface area contributed by atoms with E-state index in [1.165, 1.54) is 0 Å². The van der Waals surface area contributed by atoms with Gasteiger partial charge in [-0.05, 0) is 0 Å². The largest absolute Gasteiger partial charge is 0.342 e. The zero-order valence-electron chi connectivity index (χ0n) is 11.8. The van der Waals surface area contributed by atoms with Crippen molar-refractivity contribution in [2.45, 2.75) is 25.5 Å². The molecule has 0 atom stereocenters. The zero-order valence-corrected chi connectivity index (χ0v) is 14.9. The fourth-order valence-electron chi connectivity index (χ4n) is 0. The van der Waals surface area contributed by atoms with Crippen LogP contribution in [0.3, 0.4) is 0 Å². The zero-order chi connectivity index (χ0) is 19.2. The Morgan fingerprint density at radius 2 is 0.727 bits per heavy atom. The third-order valence-corrected chi connectivity index (χ3v) is 0. The molecule has 0 radical (unpaired) electrons. The van der Waals surface area contributed by atoms with E-state index in [9.17, 15) is 0 Å². The molecule has 0 fully saturated rings. The van der Waals surface area contributed by atoms with Crippen molar-refractivity contribution in [3.05, 3.63) is 58.8 Å². The molecule has 9 heteroatoms. The smallest absolute Gasteiger partial charge is 0 e. The van der Waals surface area contributed by atoms with Gasteiger partial charge in [0.25, 0.3) is 0 Å². The SMILES string of the molecule is CC(C)(C)[S-].[C-]#[O+].[C-]#[O+].[C-]#[O+].[C-]#[O+].[C-]#[O+].[C-]#[O+].[CH-]=C=C.[Fe].[Fe]. The summed E-state index contributed by atoms with van der Waals surface area (Å²) in [7, 11) is 0. The van der Waals surface area contributed by atoms with Gasteiger partial charge in [-0.2, -0.15) is 4.75 Å². The molecule has 0 saturated carbocycles. The molecule has 0 aliphatic carbocycles. The third-order valence-electron chi connectivity index (χ3n) is 0. The minimum absolute atomic E-state index is 0. The monoisotopic (exact) mass is 408 g/mol. The predicted octanol–water partition coefficient (Wildman–Crippen LogP) is 1.86. The Hall–Kier alpha value is -0.651. The minimum atomic E-state index is 0. The van der Waals surface area contributed by atoms with Gasteiger partial charge in [0, 0.05) is 34.1 Å². The van der Waals surface area contributed by atoms with Crippen LogP contribution < -0.4 is 0 Å². The van der Waals surface area contributed by atoms with E-state index >= 15 is 0 Å². The third kappa shape index (κ3) is 15400. The Morgan fingerprint density at radius 3 is 0.727 bits per heavy atom. The van der Waals surface area contributed by atoms with Crippen molar-refractivity contribution >= 4 is 12.6 Å². The van der Waals surface area contributed by atoms with E-state index in [0.717, 1.165) is 0 Å². The van der Waals surface area contributed by atoms with E-state index in [-0.39, 0.29) is 38.9 Å². The van der Waals surface area contributed by atoms with E-state index in [1.807, 2.05) is 26.5 Å². The van der Waals surface area contributed by atoms with Gasteiger partial charge < -0.3 is 18.4 Å². The van der Waals surface area contributed by atoms with Crippen molar-refractivity contribution in [2.75, 3.05) is 0 Å². The first-order valence-electron chi connectivity index (χ1n) is 3.57. The van der Waals surface area contributed by atoms with Crippen LogP contribution in [0.5, 0.6) is 0 Å². The first-order chi connectivity index (χ1) is 9.41.